The van der Waals surface area contributed by atoms with Gasteiger partial charge in [0.1, 0.15) is 23.4 Å². The summed E-state index contributed by atoms with van der Waals surface area (Å²) in [5.41, 5.74) is 0. The average molecular weight is 184 g/mol. The van der Waals surface area contributed by atoms with Gasteiger partial charge < -0.3 is 4.74 Å². The molecule has 2 atom stereocenters. The molecular weight excluding hydrogens is 176 g/mol. The topological polar surface area (TPSA) is 77.5 Å². The maximum Gasteiger partial charge on any atom is 0.325 e. The fourth-order valence-electron chi connectivity index (χ4n) is 1.30. The molecule has 5 heteroatoms. The predicted molar refractivity (Wildman–Crippen MR) is 39.4 cm³/mol. The molecule has 0 aromatic rings. The van der Waals surface area contributed by atoms with E-state index in [9.17, 15) is 19.2 Å². The van der Waals surface area contributed by atoms with Crippen molar-refractivity contribution in [1.82, 2.24) is 0 Å². The number of hydrogen-bond donors (Lipinski definition) is 0. The first-order chi connectivity index (χ1) is 5.95. The SMILES string of the molecule is CC(=O)C1C(=O)OC(=O)C1C(C)=O. The summed E-state index contributed by atoms with van der Waals surface area (Å²) >= 11 is 0. The number of Topliss-reactive ketones (excluding diaryl/α,β-unsaturated/α-hetero) is 2. The van der Waals surface area contributed by atoms with Crippen LogP contribution in [0.1, 0.15) is 13.8 Å². The molecule has 0 spiro atoms. The standard InChI is InChI=1S/C8H8O5/c1-3(9)5-6(4(2)10)8(12)13-7(5)11/h5-6H,1-2H3. The number of cyclic esters (lactones) is 2. The quantitative estimate of drug-likeness (QED) is 0.426. The Morgan fingerprint density at radius 3 is 1.54 bits per heavy atom. The van der Waals surface area contributed by atoms with Gasteiger partial charge in [0.25, 0.3) is 0 Å². The lowest BCUT2D eigenvalue weighted by atomic mass is 9.89. The average Bonchev–Trinajstić information content (AvgIpc) is 2.24. The van der Waals surface area contributed by atoms with Gasteiger partial charge in [-0.2, -0.15) is 0 Å². The normalized spacial score (nSPS) is 27.2. The Balaban J connectivity index is 3.03. The second kappa shape index (κ2) is 3.08. The van der Waals surface area contributed by atoms with Gasteiger partial charge in [-0.15, -0.1) is 0 Å². The second-order valence-corrected chi connectivity index (χ2v) is 2.92. The van der Waals surface area contributed by atoms with Crippen molar-refractivity contribution in [2.45, 2.75) is 13.8 Å². The van der Waals surface area contributed by atoms with Crippen molar-refractivity contribution in [2.24, 2.45) is 11.8 Å². The number of hydrogen-bond acceptors (Lipinski definition) is 5. The molecule has 1 fully saturated rings. The van der Waals surface area contributed by atoms with Crippen molar-refractivity contribution >= 4 is 23.5 Å². The van der Waals surface area contributed by atoms with Crippen molar-refractivity contribution < 1.29 is 23.9 Å². The molecule has 70 valence electrons. The van der Waals surface area contributed by atoms with Crippen LogP contribution in [0.4, 0.5) is 0 Å². The van der Waals surface area contributed by atoms with E-state index in [0.29, 0.717) is 0 Å². The van der Waals surface area contributed by atoms with Gasteiger partial charge in [-0.25, -0.2) is 0 Å². The molecule has 1 heterocycles. The van der Waals surface area contributed by atoms with E-state index in [4.69, 9.17) is 0 Å². The molecule has 1 aliphatic rings. The summed E-state index contributed by atoms with van der Waals surface area (Å²) in [5.74, 6) is -5.34. The third kappa shape index (κ3) is 1.49. The van der Waals surface area contributed by atoms with Crippen molar-refractivity contribution in [2.75, 3.05) is 0 Å². The zero-order valence-corrected chi connectivity index (χ0v) is 7.20. The van der Waals surface area contributed by atoms with E-state index in [2.05, 4.69) is 4.74 Å². The summed E-state index contributed by atoms with van der Waals surface area (Å²) in [6.45, 7) is 2.31. The summed E-state index contributed by atoms with van der Waals surface area (Å²) in [6.07, 6.45) is 0. The van der Waals surface area contributed by atoms with E-state index in [1.54, 1.807) is 0 Å². The molecular formula is C8H8O5. The number of ether oxygens (including phenoxy) is 1. The van der Waals surface area contributed by atoms with Crippen LogP contribution in [0, 0.1) is 11.8 Å². The molecule has 0 N–H and O–H groups in total. The minimum Gasteiger partial charge on any atom is -0.392 e. The van der Waals surface area contributed by atoms with Gasteiger partial charge in [-0.1, -0.05) is 0 Å². The van der Waals surface area contributed by atoms with Crippen molar-refractivity contribution in [3.63, 3.8) is 0 Å². The Morgan fingerprint density at radius 2 is 1.31 bits per heavy atom. The van der Waals surface area contributed by atoms with E-state index in [0.717, 1.165) is 13.8 Å². The summed E-state index contributed by atoms with van der Waals surface area (Å²) in [5, 5.41) is 0. The fraction of sp³-hybridized carbons (Fsp3) is 0.500. The van der Waals surface area contributed by atoms with Crippen LogP contribution in [0.15, 0.2) is 0 Å². The van der Waals surface area contributed by atoms with Crippen molar-refractivity contribution in [3.05, 3.63) is 0 Å². The molecule has 13 heavy (non-hydrogen) atoms. The third-order valence-electron chi connectivity index (χ3n) is 1.92. The molecule has 1 aliphatic heterocycles. The van der Waals surface area contributed by atoms with Crippen LogP contribution in [0.2, 0.25) is 0 Å². The van der Waals surface area contributed by atoms with Crippen LogP contribution in [0.3, 0.4) is 0 Å². The van der Waals surface area contributed by atoms with E-state index >= 15 is 0 Å². The molecule has 0 aromatic carbocycles. The van der Waals surface area contributed by atoms with Gasteiger partial charge in [0, 0.05) is 0 Å². The highest BCUT2D eigenvalue weighted by Crippen LogP contribution is 2.25. The van der Waals surface area contributed by atoms with E-state index in [1.807, 2.05) is 0 Å². The van der Waals surface area contributed by atoms with E-state index in [1.165, 1.54) is 0 Å². The molecule has 0 aromatic heterocycles. The largest absolute Gasteiger partial charge is 0.392 e. The Morgan fingerprint density at radius 1 is 1.00 bits per heavy atom. The number of carbonyl (C=O) groups is 4. The van der Waals surface area contributed by atoms with Gasteiger partial charge in [0.2, 0.25) is 0 Å². The maximum absolute atomic E-state index is 10.9. The first-order valence-electron chi connectivity index (χ1n) is 3.71. The van der Waals surface area contributed by atoms with Crippen LogP contribution in [0.25, 0.3) is 0 Å². The zero-order valence-electron chi connectivity index (χ0n) is 7.20. The molecule has 5 nitrogen and oxygen atoms in total. The predicted octanol–water partition coefficient (Wildman–Crippen LogP) is -0.520. The molecule has 0 saturated carbocycles. The molecule has 0 aliphatic carbocycles. The smallest absolute Gasteiger partial charge is 0.325 e. The Labute approximate surface area is 74.0 Å². The minimum absolute atomic E-state index is 0.518. The van der Waals surface area contributed by atoms with E-state index in [-0.39, 0.29) is 0 Å². The summed E-state index contributed by atoms with van der Waals surface area (Å²) in [6, 6.07) is 0. The lowest BCUT2D eigenvalue weighted by Gasteiger charge is -2.05. The lowest BCUT2D eigenvalue weighted by Crippen LogP contribution is -2.29. The fourth-order valence-corrected chi connectivity index (χ4v) is 1.30. The monoisotopic (exact) mass is 184 g/mol. The van der Waals surface area contributed by atoms with Gasteiger partial charge in [0.15, 0.2) is 0 Å². The third-order valence-corrected chi connectivity index (χ3v) is 1.92. The number of ketones is 2. The highest BCUT2D eigenvalue weighted by atomic mass is 16.6. The van der Waals surface area contributed by atoms with Crippen LogP contribution in [-0.2, 0) is 23.9 Å². The van der Waals surface area contributed by atoms with Gasteiger partial charge in [-0.3, -0.25) is 19.2 Å². The molecule has 2 unspecified atom stereocenters. The molecule has 0 amide bonds. The molecule has 1 rings (SSSR count). The summed E-state index contributed by atoms with van der Waals surface area (Å²) in [7, 11) is 0. The van der Waals surface area contributed by atoms with Crippen molar-refractivity contribution in [3.8, 4) is 0 Å². The summed E-state index contributed by atoms with van der Waals surface area (Å²) < 4.78 is 4.19. The maximum atomic E-state index is 10.9. The molecule has 1 saturated heterocycles. The van der Waals surface area contributed by atoms with Crippen LogP contribution < -0.4 is 0 Å². The highest BCUT2D eigenvalue weighted by molar-refractivity contribution is 6.17. The van der Waals surface area contributed by atoms with Crippen molar-refractivity contribution in [1.29, 1.82) is 0 Å². The van der Waals surface area contributed by atoms with E-state index < -0.39 is 35.3 Å². The Kier molecular flexibility index (Phi) is 2.27. The molecule has 0 bridgehead atoms. The number of carbonyl (C=O) groups excluding carboxylic acids is 4. The number of esters is 2. The summed E-state index contributed by atoms with van der Waals surface area (Å²) in [4.78, 5) is 43.7. The Hall–Kier alpha value is -1.52. The van der Waals surface area contributed by atoms with Gasteiger partial charge in [-0.05, 0) is 13.8 Å². The van der Waals surface area contributed by atoms with Crippen LogP contribution >= 0.6 is 0 Å². The lowest BCUT2D eigenvalue weighted by molar-refractivity contribution is -0.154. The van der Waals surface area contributed by atoms with Gasteiger partial charge >= 0.3 is 11.9 Å². The van der Waals surface area contributed by atoms with Crippen LogP contribution in [0.5, 0.6) is 0 Å². The molecule has 0 radical (unpaired) electrons. The van der Waals surface area contributed by atoms with Gasteiger partial charge in [0.05, 0.1) is 0 Å². The van der Waals surface area contributed by atoms with Crippen LogP contribution in [-0.4, -0.2) is 23.5 Å². The first-order valence-corrected chi connectivity index (χ1v) is 3.71. The second-order valence-electron chi connectivity index (χ2n) is 2.92. The zero-order chi connectivity index (χ0) is 10.2. The first kappa shape index (κ1) is 9.57. The minimum atomic E-state index is -1.23. The number of rotatable bonds is 2. The highest BCUT2D eigenvalue weighted by Gasteiger charge is 2.49. The Bertz CT molecular complexity index is 274.